The third-order valence-electron chi connectivity index (χ3n) is 2.14. The number of hydrogen-bond acceptors (Lipinski definition) is 2. The van der Waals surface area contributed by atoms with E-state index in [2.05, 4.69) is 29.7 Å². The Balaban J connectivity index is 2.32. The molecule has 1 saturated heterocycles. The molecule has 0 bridgehead atoms. The molecule has 0 amide bonds. The Kier molecular flexibility index (Phi) is 1.27. The van der Waals surface area contributed by atoms with Crippen LogP contribution in [0, 0.1) is 0 Å². The number of nitrogens with one attached hydrogen (secondary N) is 2. The van der Waals surface area contributed by atoms with Crippen molar-refractivity contribution in [3.8, 4) is 0 Å². The second-order valence-electron chi connectivity index (χ2n) is 2.85. The molecule has 2 aliphatic rings. The second-order valence-corrected chi connectivity index (χ2v) is 2.85. The minimum absolute atomic E-state index is 0.574. The molecule has 0 aromatic heterocycles. The Morgan fingerprint density at radius 3 is 3.30 bits per heavy atom. The molecule has 2 heteroatoms. The third-order valence-corrected chi connectivity index (χ3v) is 2.14. The quantitative estimate of drug-likeness (QED) is 0.513. The van der Waals surface area contributed by atoms with Crippen LogP contribution in [-0.4, -0.2) is 12.7 Å². The second kappa shape index (κ2) is 2.13. The van der Waals surface area contributed by atoms with E-state index in [1.54, 1.807) is 0 Å². The van der Waals surface area contributed by atoms with Gasteiger partial charge in [-0.3, -0.25) is 5.32 Å². The van der Waals surface area contributed by atoms with Gasteiger partial charge in [-0.2, -0.15) is 0 Å². The minimum Gasteiger partial charge on any atom is -0.374 e. The first-order valence-corrected chi connectivity index (χ1v) is 3.72. The van der Waals surface area contributed by atoms with E-state index in [1.807, 2.05) is 0 Å². The summed E-state index contributed by atoms with van der Waals surface area (Å²) in [6.45, 7) is 3.08. The van der Waals surface area contributed by atoms with Crippen LogP contribution in [0.1, 0.15) is 13.3 Å². The lowest BCUT2D eigenvalue weighted by Gasteiger charge is -2.14. The molecule has 0 radical (unpaired) electrons. The zero-order valence-electron chi connectivity index (χ0n) is 6.15. The monoisotopic (exact) mass is 136 g/mol. The molecule has 10 heavy (non-hydrogen) atoms. The maximum Gasteiger partial charge on any atom is 0.0656 e. The van der Waals surface area contributed by atoms with E-state index in [9.17, 15) is 0 Å². The van der Waals surface area contributed by atoms with Crippen LogP contribution in [0.4, 0.5) is 0 Å². The van der Waals surface area contributed by atoms with E-state index < -0.39 is 0 Å². The van der Waals surface area contributed by atoms with Crippen LogP contribution in [0.2, 0.25) is 0 Å². The smallest absolute Gasteiger partial charge is 0.0656 e. The van der Waals surface area contributed by atoms with E-state index in [4.69, 9.17) is 0 Å². The van der Waals surface area contributed by atoms with E-state index in [1.165, 1.54) is 11.3 Å². The highest BCUT2D eigenvalue weighted by Crippen LogP contribution is 2.19. The average molecular weight is 136 g/mol. The Labute approximate surface area is 61.0 Å². The number of fused-ring (bicyclic) bond motifs is 1. The maximum absolute atomic E-state index is 3.37. The molecule has 2 N–H and O–H groups in total. The lowest BCUT2D eigenvalue weighted by molar-refractivity contribution is 0.664. The molecule has 0 spiro atoms. The van der Waals surface area contributed by atoms with Gasteiger partial charge in [0.05, 0.1) is 12.7 Å². The van der Waals surface area contributed by atoms with Gasteiger partial charge in [0.25, 0.3) is 0 Å². The van der Waals surface area contributed by atoms with Crippen LogP contribution in [0.15, 0.2) is 23.4 Å². The summed E-state index contributed by atoms with van der Waals surface area (Å²) in [6, 6.07) is 0.574. The molecular weight excluding hydrogens is 124 g/mol. The highest BCUT2D eigenvalue weighted by atomic mass is 15.2. The van der Waals surface area contributed by atoms with E-state index in [0.29, 0.717) is 6.04 Å². The average Bonchev–Trinajstić information content (AvgIpc) is 2.36. The highest BCUT2D eigenvalue weighted by molar-refractivity contribution is 5.32. The van der Waals surface area contributed by atoms with Crippen molar-refractivity contribution in [1.29, 1.82) is 0 Å². The lowest BCUT2D eigenvalue weighted by atomic mass is 10.0. The van der Waals surface area contributed by atoms with Crippen molar-refractivity contribution in [2.24, 2.45) is 0 Å². The van der Waals surface area contributed by atoms with Gasteiger partial charge in [0.15, 0.2) is 0 Å². The predicted octanol–water partition coefficient (Wildman–Crippen LogP) is 0.739. The largest absolute Gasteiger partial charge is 0.374 e. The summed E-state index contributed by atoms with van der Waals surface area (Å²) < 4.78 is 0. The topological polar surface area (TPSA) is 24.1 Å². The van der Waals surface area contributed by atoms with Crippen LogP contribution < -0.4 is 10.6 Å². The fourth-order valence-electron chi connectivity index (χ4n) is 1.58. The van der Waals surface area contributed by atoms with Gasteiger partial charge in [-0.05, 0) is 18.9 Å². The summed E-state index contributed by atoms with van der Waals surface area (Å²) in [5, 5.41) is 6.69. The fourth-order valence-corrected chi connectivity index (χ4v) is 1.58. The molecule has 1 aliphatic carbocycles. The van der Waals surface area contributed by atoms with Crippen LogP contribution >= 0.6 is 0 Å². The van der Waals surface area contributed by atoms with E-state index >= 15 is 0 Å². The van der Waals surface area contributed by atoms with E-state index in [-0.39, 0.29) is 0 Å². The van der Waals surface area contributed by atoms with Gasteiger partial charge in [0.1, 0.15) is 0 Å². The van der Waals surface area contributed by atoms with Gasteiger partial charge in [0, 0.05) is 5.70 Å². The van der Waals surface area contributed by atoms with Crippen LogP contribution in [-0.2, 0) is 0 Å². The van der Waals surface area contributed by atoms with Crippen molar-refractivity contribution < 1.29 is 0 Å². The summed E-state index contributed by atoms with van der Waals surface area (Å²) in [5.41, 5.74) is 2.77. The number of hydrogen-bond donors (Lipinski definition) is 2. The Bertz CT molecular complexity index is 203. The van der Waals surface area contributed by atoms with Crippen molar-refractivity contribution in [1.82, 2.24) is 10.6 Å². The number of rotatable bonds is 0. The zero-order valence-corrected chi connectivity index (χ0v) is 6.15. The van der Waals surface area contributed by atoms with Gasteiger partial charge in [0.2, 0.25) is 0 Å². The summed E-state index contributed by atoms with van der Waals surface area (Å²) in [7, 11) is 0. The minimum atomic E-state index is 0.574. The number of allylic oxidation sites excluding steroid dienone is 2. The fraction of sp³-hybridized carbons (Fsp3) is 0.500. The molecule has 0 saturated carbocycles. The zero-order chi connectivity index (χ0) is 6.97. The summed E-state index contributed by atoms with van der Waals surface area (Å²) in [6.07, 6.45) is 5.55. The first-order valence-electron chi connectivity index (χ1n) is 3.72. The van der Waals surface area contributed by atoms with Crippen LogP contribution in [0.3, 0.4) is 0 Å². The molecular formula is C8H12N2. The molecule has 2 nitrogen and oxygen atoms in total. The van der Waals surface area contributed by atoms with Gasteiger partial charge in [-0.1, -0.05) is 12.2 Å². The first kappa shape index (κ1) is 5.98. The SMILES string of the molecule is CC1=C2NCNC2CC=C1. The molecule has 1 aliphatic heterocycles. The predicted molar refractivity (Wildman–Crippen MR) is 41.4 cm³/mol. The van der Waals surface area contributed by atoms with Crippen molar-refractivity contribution in [2.75, 3.05) is 6.67 Å². The van der Waals surface area contributed by atoms with Gasteiger partial charge in [-0.25, -0.2) is 0 Å². The summed E-state index contributed by atoms with van der Waals surface area (Å²) >= 11 is 0. The summed E-state index contributed by atoms with van der Waals surface area (Å²) in [4.78, 5) is 0. The normalized spacial score (nSPS) is 30.3. The van der Waals surface area contributed by atoms with Crippen molar-refractivity contribution in [2.45, 2.75) is 19.4 Å². The highest BCUT2D eigenvalue weighted by Gasteiger charge is 2.21. The lowest BCUT2D eigenvalue weighted by Crippen LogP contribution is -2.23. The molecule has 0 aromatic carbocycles. The molecule has 1 unspecified atom stereocenters. The molecule has 1 fully saturated rings. The van der Waals surface area contributed by atoms with Gasteiger partial charge >= 0.3 is 0 Å². The molecule has 54 valence electrons. The molecule has 1 atom stereocenters. The molecule has 1 heterocycles. The van der Waals surface area contributed by atoms with Crippen molar-refractivity contribution in [3.05, 3.63) is 23.4 Å². The Morgan fingerprint density at radius 2 is 2.50 bits per heavy atom. The summed E-state index contributed by atoms with van der Waals surface area (Å²) in [5.74, 6) is 0. The van der Waals surface area contributed by atoms with Crippen LogP contribution in [0.25, 0.3) is 0 Å². The van der Waals surface area contributed by atoms with Gasteiger partial charge < -0.3 is 5.32 Å². The van der Waals surface area contributed by atoms with Crippen LogP contribution in [0.5, 0.6) is 0 Å². The van der Waals surface area contributed by atoms with Gasteiger partial charge in [-0.15, -0.1) is 0 Å². The van der Waals surface area contributed by atoms with Crippen molar-refractivity contribution in [3.63, 3.8) is 0 Å². The molecule has 2 rings (SSSR count). The Hall–Kier alpha value is -0.760. The standard InChI is InChI=1S/C8H12N2/c1-6-3-2-4-7-8(6)10-5-9-7/h2-3,7,9-10H,4-5H2,1H3. The maximum atomic E-state index is 3.37. The first-order chi connectivity index (χ1) is 4.88. The van der Waals surface area contributed by atoms with Crippen molar-refractivity contribution >= 4 is 0 Å². The Morgan fingerprint density at radius 1 is 1.60 bits per heavy atom. The van der Waals surface area contributed by atoms with E-state index in [0.717, 1.165) is 13.1 Å². The molecule has 0 aromatic rings. The third kappa shape index (κ3) is 0.762.